The topological polar surface area (TPSA) is 46.3 Å². The van der Waals surface area contributed by atoms with Crippen molar-refractivity contribution < 1.29 is 4.79 Å². The molecule has 1 rings (SSSR count). The van der Waals surface area contributed by atoms with Gasteiger partial charge in [-0.2, -0.15) is 0 Å². The van der Waals surface area contributed by atoms with Crippen LogP contribution in [0.4, 0.5) is 0 Å². The zero-order valence-electron chi connectivity index (χ0n) is 9.41. The van der Waals surface area contributed by atoms with E-state index < -0.39 is 0 Å². The molecule has 3 heteroatoms. The second-order valence-corrected chi connectivity index (χ2v) is 4.29. The lowest BCUT2D eigenvalue weighted by atomic mass is 10.1. The molecule has 0 aromatic carbocycles. The summed E-state index contributed by atoms with van der Waals surface area (Å²) in [7, 11) is 0. The van der Waals surface area contributed by atoms with E-state index in [0.717, 1.165) is 13.0 Å². The highest BCUT2D eigenvalue weighted by Gasteiger charge is 2.26. The summed E-state index contributed by atoms with van der Waals surface area (Å²) in [4.78, 5) is 13.6. The molecule has 0 radical (unpaired) electrons. The van der Waals surface area contributed by atoms with E-state index in [2.05, 4.69) is 5.92 Å². The van der Waals surface area contributed by atoms with E-state index in [-0.39, 0.29) is 11.9 Å². The van der Waals surface area contributed by atoms with Gasteiger partial charge in [0.1, 0.15) is 0 Å². The van der Waals surface area contributed by atoms with Crippen molar-refractivity contribution in [2.45, 2.75) is 38.6 Å². The van der Waals surface area contributed by atoms with Crippen LogP contribution in [-0.4, -0.2) is 29.9 Å². The lowest BCUT2D eigenvalue weighted by Crippen LogP contribution is -2.37. The van der Waals surface area contributed by atoms with Crippen LogP contribution in [0, 0.1) is 18.3 Å². The second kappa shape index (κ2) is 5.77. The minimum absolute atomic E-state index is 0.0306. The molecule has 1 aliphatic rings. The Bertz CT molecular complexity index is 253. The maximum absolute atomic E-state index is 11.8. The number of carbonyl (C=O) groups excluding carboxylic acids is 1. The summed E-state index contributed by atoms with van der Waals surface area (Å²) in [5.41, 5.74) is 5.76. The van der Waals surface area contributed by atoms with Crippen LogP contribution in [0.15, 0.2) is 0 Å². The molecule has 1 aliphatic carbocycles. The molecule has 1 unspecified atom stereocenters. The minimum atomic E-state index is -0.0306. The first kappa shape index (κ1) is 12.1. The highest BCUT2D eigenvalue weighted by molar-refractivity contribution is 5.77. The van der Waals surface area contributed by atoms with Gasteiger partial charge in [0.15, 0.2) is 0 Å². The zero-order valence-corrected chi connectivity index (χ0v) is 9.41. The third kappa shape index (κ3) is 4.35. The quantitative estimate of drug-likeness (QED) is 0.662. The number of terminal acetylenes is 1. The van der Waals surface area contributed by atoms with E-state index in [1.807, 2.05) is 6.92 Å². The van der Waals surface area contributed by atoms with Crippen LogP contribution in [0.1, 0.15) is 32.6 Å². The number of hydrogen-bond donors (Lipinski definition) is 1. The predicted octanol–water partition coefficient (Wildman–Crippen LogP) is 0.986. The van der Waals surface area contributed by atoms with Gasteiger partial charge in [-0.05, 0) is 25.2 Å². The summed E-state index contributed by atoms with van der Waals surface area (Å²) < 4.78 is 0. The van der Waals surface area contributed by atoms with Crippen LogP contribution in [0.3, 0.4) is 0 Å². The normalized spacial score (nSPS) is 16.9. The predicted molar refractivity (Wildman–Crippen MR) is 61.0 cm³/mol. The van der Waals surface area contributed by atoms with Crippen LogP contribution >= 0.6 is 0 Å². The number of hydrogen-bond acceptors (Lipinski definition) is 2. The van der Waals surface area contributed by atoms with E-state index in [0.29, 0.717) is 18.9 Å². The number of nitrogens with zero attached hydrogens (tertiary/aromatic N) is 1. The van der Waals surface area contributed by atoms with Gasteiger partial charge in [-0.15, -0.1) is 6.42 Å². The van der Waals surface area contributed by atoms with E-state index >= 15 is 0 Å². The van der Waals surface area contributed by atoms with Crippen LogP contribution < -0.4 is 5.73 Å². The van der Waals surface area contributed by atoms with Crippen LogP contribution in [0.25, 0.3) is 0 Å². The molecule has 1 amide bonds. The van der Waals surface area contributed by atoms with Crippen molar-refractivity contribution >= 4 is 5.91 Å². The van der Waals surface area contributed by atoms with Gasteiger partial charge in [0, 0.05) is 19.0 Å². The first-order valence-electron chi connectivity index (χ1n) is 5.64. The largest absolute Gasteiger partial charge is 0.331 e. The van der Waals surface area contributed by atoms with Crippen molar-refractivity contribution in [3.8, 4) is 12.3 Å². The summed E-state index contributed by atoms with van der Waals surface area (Å²) in [5, 5.41) is 0. The smallest absolute Gasteiger partial charge is 0.224 e. The Morgan fingerprint density at radius 3 is 2.80 bits per heavy atom. The van der Waals surface area contributed by atoms with Crippen molar-refractivity contribution in [2.24, 2.45) is 11.7 Å². The number of rotatable bonds is 6. The molecule has 0 aliphatic heterocycles. The average molecular weight is 208 g/mol. The molecule has 1 atom stereocenters. The van der Waals surface area contributed by atoms with E-state index in [4.69, 9.17) is 12.2 Å². The summed E-state index contributed by atoms with van der Waals surface area (Å²) >= 11 is 0. The molecule has 0 saturated heterocycles. The molecule has 0 heterocycles. The van der Waals surface area contributed by atoms with Gasteiger partial charge in [-0.1, -0.05) is 12.8 Å². The van der Waals surface area contributed by atoms with Crippen LogP contribution in [0.5, 0.6) is 0 Å². The van der Waals surface area contributed by atoms with E-state index in [1.54, 1.807) is 4.90 Å². The van der Waals surface area contributed by atoms with Gasteiger partial charge in [0.05, 0.1) is 6.54 Å². The molecule has 1 saturated carbocycles. The Balaban J connectivity index is 2.39. The molecule has 1 fully saturated rings. The summed E-state index contributed by atoms with van der Waals surface area (Å²) in [6.45, 7) is 3.23. The molecule has 0 bridgehead atoms. The van der Waals surface area contributed by atoms with Crippen molar-refractivity contribution in [3.05, 3.63) is 0 Å². The third-order valence-electron chi connectivity index (χ3n) is 2.77. The maximum Gasteiger partial charge on any atom is 0.224 e. The number of carbonyl (C=O) groups is 1. The van der Waals surface area contributed by atoms with Gasteiger partial charge in [0.2, 0.25) is 5.91 Å². The van der Waals surface area contributed by atoms with Gasteiger partial charge >= 0.3 is 0 Å². The van der Waals surface area contributed by atoms with Crippen molar-refractivity contribution in [1.82, 2.24) is 4.90 Å². The highest BCUT2D eigenvalue weighted by atomic mass is 16.2. The Morgan fingerprint density at radius 2 is 2.33 bits per heavy atom. The zero-order chi connectivity index (χ0) is 11.3. The molecule has 3 nitrogen and oxygen atoms in total. The lowest BCUT2D eigenvalue weighted by Gasteiger charge is -2.21. The van der Waals surface area contributed by atoms with Crippen molar-refractivity contribution in [2.75, 3.05) is 13.1 Å². The van der Waals surface area contributed by atoms with Crippen LogP contribution in [0.2, 0.25) is 0 Å². The van der Waals surface area contributed by atoms with Gasteiger partial charge in [0.25, 0.3) is 0 Å². The molecule has 2 N–H and O–H groups in total. The molecule has 15 heavy (non-hydrogen) atoms. The van der Waals surface area contributed by atoms with Crippen LogP contribution in [-0.2, 0) is 4.79 Å². The van der Waals surface area contributed by atoms with Crippen molar-refractivity contribution in [3.63, 3.8) is 0 Å². The monoisotopic (exact) mass is 208 g/mol. The Hall–Kier alpha value is -1.01. The fourth-order valence-corrected chi connectivity index (χ4v) is 1.47. The number of amides is 1. The van der Waals surface area contributed by atoms with Gasteiger partial charge < -0.3 is 10.6 Å². The summed E-state index contributed by atoms with van der Waals surface area (Å²) in [5.74, 6) is 3.32. The fourth-order valence-electron chi connectivity index (χ4n) is 1.47. The minimum Gasteiger partial charge on any atom is -0.331 e. The van der Waals surface area contributed by atoms with Gasteiger partial charge in [-0.3, -0.25) is 4.79 Å². The summed E-state index contributed by atoms with van der Waals surface area (Å²) in [6.07, 6.45) is 8.97. The van der Waals surface area contributed by atoms with E-state index in [1.165, 1.54) is 12.8 Å². The summed E-state index contributed by atoms with van der Waals surface area (Å²) in [6, 6.07) is -0.0306. The lowest BCUT2D eigenvalue weighted by molar-refractivity contribution is -0.131. The fraction of sp³-hybridized carbons (Fsp3) is 0.750. The SMILES string of the molecule is C#CCN(CC1CC1)C(=O)CC(N)CC. The molecular weight excluding hydrogens is 188 g/mol. The average Bonchev–Trinajstić information content (AvgIpc) is 3.00. The Morgan fingerprint density at radius 1 is 1.67 bits per heavy atom. The highest BCUT2D eigenvalue weighted by Crippen LogP contribution is 2.29. The number of nitrogens with two attached hydrogens (primary N) is 1. The third-order valence-corrected chi connectivity index (χ3v) is 2.77. The Kier molecular flexibility index (Phi) is 4.64. The van der Waals surface area contributed by atoms with Gasteiger partial charge in [-0.25, -0.2) is 0 Å². The molecule has 0 aromatic rings. The maximum atomic E-state index is 11.8. The molecular formula is C12H20N2O. The standard InChI is InChI=1S/C12H20N2O/c1-3-7-14(9-10-5-6-10)12(15)8-11(13)4-2/h1,10-11H,4-9,13H2,2H3. The molecule has 84 valence electrons. The molecule has 0 aromatic heterocycles. The first-order chi connectivity index (χ1) is 7.17. The first-order valence-corrected chi connectivity index (χ1v) is 5.64. The van der Waals surface area contributed by atoms with E-state index in [9.17, 15) is 4.79 Å². The Labute approximate surface area is 92.0 Å². The second-order valence-electron chi connectivity index (χ2n) is 4.29. The van der Waals surface area contributed by atoms with Crippen molar-refractivity contribution in [1.29, 1.82) is 0 Å². The molecule has 0 spiro atoms.